The van der Waals surface area contributed by atoms with E-state index in [2.05, 4.69) is 29.6 Å². The van der Waals surface area contributed by atoms with Gasteiger partial charge in [0.05, 0.1) is 6.04 Å². The van der Waals surface area contributed by atoms with Crippen LogP contribution in [0.2, 0.25) is 0 Å². The summed E-state index contributed by atoms with van der Waals surface area (Å²) in [5, 5.41) is 2.52. The lowest BCUT2D eigenvalue weighted by atomic mass is 9.88. The van der Waals surface area contributed by atoms with Crippen LogP contribution in [0.5, 0.6) is 0 Å². The van der Waals surface area contributed by atoms with E-state index in [0.717, 1.165) is 19.2 Å². The Morgan fingerprint density at radius 3 is 2.88 bits per heavy atom. The summed E-state index contributed by atoms with van der Waals surface area (Å²) >= 11 is 0. The Morgan fingerprint density at radius 2 is 2.06 bits per heavy atom. The Hall–Kier alpha value is -0.860. The third-order valence-corrected chi connectivity index (χ3v) is 4.14. The molecule has 0 bridgehead atoms. The molecule has 17 heavy (non-hydrogen) atoms. The van der Waals surface area contributed by atoms with Crippen molar-refractivity contribution in [3.8, 4) is 0 Å². The summed E-state index contributed by atoms with van der Waals surface area (Å²) in [6, 6.07) is 9.68. The van der Waals surface area contributed by atoms with Crippen LogP contribution in [0.15, 0.2) is 24.3 Å². The first kappa shape index (κ1) is 11.2. The van der Waals surface area contributed by atoms with E-state index in [0.29, 0.717) is 6.10 Å². The number of hydrogen-bond donors (Lipinski definition) is 1. The number of ether oxygens (including phenoxy) is 1. The van der Waals surface area contributed by atoms with E-state index in [-0.39, 0.29) is 0 Å². The molecule has 2 aliphatic rings. The molecule has 0 amide bonds. The second-order valence-corrected chi connectivity index (χ2v) is 5.38. The Balaban J connectivity index is 1.53. The highest BCUT2D eigenvalue weighted by atomic mass is 16.5. The van der Waals surface area contributed by atoms with Gasteiger partial charge in [0.1, 0.15) is 12.6 Å². The molecule has 2 atom stereocenters. The number of aryl methyl sites for hydroxylation is 1. The summed E-state index contributed by atoms with van der Waals surface area (Å²) < 4.78 is 5.68. The number of benzene rings is 1. The monoisotopic (exact) mass is 232 g/mol. The predicted octanol–water partition coefficient (Wildman–Crippen LogP) is 1.29. The molecule has 1 aromatic rings. The molecule has 1 saturated heterocycles. The molecule has 1 aliphatic carbocycles. The maximum Gasteiger partial charge on any atom is 0.106 e. The first-order valence-electron chi connectivity index (χ1n) is 6.93. The van der Waals surface area contributed by atoms with Gasteiger partial charge in [-0.25, -0.2) is 0 Å². The van der Waals surface area contributed by atoms with Gasteiger partial charge >= 0.3 is 0 Å². The third kappa shape index (κ3) is 2.70. The SMILES string of the molecule is c1ccc2c(c1)CC[C@H]([NH2+]C[C@@H]1CCCO1)C2. The number of rotatable bonds is 3. The second kappa shape index (κ2) is 5.19. The molecule has 3 rings (SSSR count). The van der Waals surface area contributed by atoms with Gasteiger partial charge in [-0.05, 0) is 30.4 Å². The molecule has 0 saturated carbocycles. The van der Waals surface area contributed by atoms with Gasteiger partial charge in [-0.1, -0.05) is 24.3 Å². The van der Waals surface area contributed by atoms with Crippen LogP contribution < -0.4 is 5.32 Å². The summed E-state index contributed by atoms with van der Waals surface area (Å²) in [4.78, 5) is 0. The molecular weight excluding hydrogens is 210 g/mol. The number of hydrogen-bond acceptors (Lipinski definition) is 1. The highest BCUT2D eigenvalue weighted by Crippen LogP contribution is 2.19. The van der Waals surface area contributed by atoms with Crippen molar-refractivity contribution in [1.82, 2.24) is 0 Å². The van der Waals surface area contributed by atoms with Crippen molar-refractivity contribution in [2.75, 3.05) is 13.2 Å². The van der Waals surface area contributed by atoms with E-state index in [4.69, 9.17) is 4.74 Å². The predicted molar refractivity (Wildman–Crippen MR) is 68.0 cm³/mol. The first-order chi connectivity index (χ1) is 8.42. The van der Waals surface area contributed by atoms with E-state index >= 15 is 0 Å². The van der Waals surface area contributed by atoms with Crippen LogP contribution in [0.25, 0.3) is 0 Å². The lowest BCUT2D eigenvalue weighted by Crippen LogP contribution is -2.92. The third-order valence-electron chi connectivity index (χ3n) is 4.14. The van der Waals surface area contributed by atoms with Gasteiger partial charge in [-0.15, -0.1) is 0 Å². The van der Waals surface area contributed by atoms with Crippen molar-refractivity contribution in [2.24, 2.45) is 0 Å². The zero-order valence-electron chi connectivity index (χ0n) is 10.4. The lowest BCUT2D eigenvalue weighted by molar-refractivity contribution is -0.695. The normalized spacial score (nSPS) is 28.0. The fraction of sp³-hybridized carbons (Fsp3) is 0.600. The second-order valence-electron chi connectivity index (χ2n) is 5.38. The van der Waals surface area contributed by atoms with E-state index < -0.39 is 0 Å². The molecule has 1 aromatic carbocycles. The van der Waals surface area contributed by atoms with Gasteiger partial charge < -0.3 is 10.1 Å². The van der Waals surface area contributed by atoms with Crippen molar-refractivity contribution in [1.29, 1.82) is 0 Å². The summed E-state index contributed by atoms with van der Waals surface area (Å²) in [5.74, 6) is 0. The van der Waals surface area contributed by atoms with Gasteiger partial charge in [-0.2, -0.15) is 0 Å². The molecule has 0 radical (unpaired) electrons. The molecule has 92 valence electrons. The van der Waals surface area contributed by atoms with Crippen LogP contribution in [0.3, 0.4) is 0 Å². The minimum atomic E-state index is 0.521. The molecule has 0 spiro atoms. The Morgan fingerprint density at radius 1 is 1.18 bits per heavy atom. The molecule has 0 unspecified atom stereocenters. The minimum absolute atomic E-state index is 0.521. The van der Waals surface area contributed by atoms with Gasteiger partial charge in [0.25, 0.3) is 0 Å². The average Bonchev–Trinajstić information content (AvgIpc) is 2.89. The highest BCUT2D eigenvalue weighted by molar-refractivity contribution is 5.29. The zero-order valence-corrected chi connectivity index (χ0v) is 10.4. The molecular formula is C15H22NO+. The molecule has 2 nitrogen and oxygen atoms in total. The van der Waals surface area contributed by atoms with Crippen LogP contribution in [0, 0.1) is 0 Å². The van der Waals surface area contributed by atoms with Gasteiger partial charge in [-0.3, -0.25) is 0 Å². The topological polar surface area (TPSA) is 25.8 Å². The molecule has 2 heteroatoms. The maximum atomic E-state index is 5.68. The highest BCUT2D eigenvalue weighted by Gasteiger charge is 2.23. The fourth-order valence-electron chi connectivity index (χ4n) is 3.10. The quantitative estimate of drug-likeness (QED) is 0.835. The summed E-state index contributed by atoms with van der Waals surface area (Å²) in [6.45, 7) is 2.14. The summed E-state index contributed by atoms with van der Waals surface area (Å²) in [5.41, 5.74) is 3.13. The number of nitrogens with two attached hydrogens (primary N) is 1. The molecule has 1 aliphatic heterocycles. The van der Waals surface area contributed by atoms with Crippen molar-refractivity contribution in [3.05, 3.63) is 35.4 Å². The number of quaternary nitrogens is 1. The van der Waals surface area contributed by atoms with Crippen molar-refractivity contribution < 1.29 is 10.1 Å². The summed E-state index contributed by atoms with van der Waals surface area (Å²) in [7, 11) is 0. The summed E-state index contributed by atoms with van der Waals surface area (Å²) in [6.07, 6.45) is 6.86. The Bertz CT molecular complexity index is 371. The van der Waals surface area contributed by atoms with Crippen LogP contribution in [0.4, 0.5) is 0 Å². The van der Waals surface area contributed by atoms with Gasteiger partial charge in [0, 0.05) is 19.4 Å². The van der Waals surface area contributed by atoms with E-state index in [1.54, 1.807) is 11.1 Å². The van der Waals surface area contributed by atoms with Crippen molar-refractivity contribution >= 4 is 0 Å². The van der Waals surface area contributed by atoms with E-state index in [1.807, 2.05) is 0 Å². The maximum absolute atomic E-state index is 5.68. The minimum Gasteiger partial charge on any atom is -0.372 e. The number of fused-ring (bicyclic) bond motifs is 1. The van der Waals surface area contributed by atoms with Crippen LogP contribution in [-0.4, -0.2) is 25.3 Å². The van der Waals surface area contributed by atoms with Gasteiger partial charge in [0.15, 0.2) is 0 Å². The molecule has 2 N–H and O–H groups in total. The van der Waals surface area contributed by atoms with Crippen LogP contribution in [-0.2, 0) is 17.6 Å². The van der Waals surface area contributed by atoms with Crippen molar-refractivity contribution in [3.63, 3.8) is 0 Å². The standard InChI is InChI=1S/C15H21NO/c1-2-5-13-10-14(8-7-12(13)4-1)16-11-15-6-3-9-17-15/h1-2,4-5,14-16H,3,6-11H2/p+1/t14-,15-/m0/s1. The Labute approximate surface area is 103 Å². The fourth-order valence-corrected chi connectivity index (χ4v) is 3.10. The van der Waals surface area contributed by atoms with Crippen LogP contribution in [0.1, 0.15) is 30.4 Å². The van der Waals surface area contributed by atoms with Gasteiger partial charge in [0.2, 0.25) is 0 Å². The first-order valence-corrected chi connectivity index (χ1v) is 6.93. The average molecular weight is 232 g/mol. The van der Waals surface area contributed by atoms with E-state index in [9.17, 15) is 0 Å². The smallest absolute Gasteiger partial charge is 0.106 e. The zero-order chi connectivity index (χ0) is 11.5. The lowest BCUT2D eigenvalue weighted by Gasteiger charge is -2.23. The molecule has 1 heterocycles. The largest absolute Gasteiger partial charge is 0.372 e. The van der Waals surface area contributed by atoms with Crippen LogP contribution >= 0.6 is 0 Å². The molecule has 0 aromatic heterocycles. The molecule has 1 fully saturated rings. The van der Waals surface area contributed by atoms with E-state index in [1.165, 1.54) is 32.1 Å². The Kier molecular flexibility index (Phi) is 3.44. The van der Waals surface area contributed by atoms with Crippen molar-refractivity contribution in [2.45, 2.75) is 44.2 Å².